The van der Waals surface area contributed by atoms with Crippen molar-refractivity contribution in [2.45, 2.75) is 38.9 Å². The number of hydrogen-bond donors (Lipinski definition) is 1. The van der Waals surface area contributed by atoms with Gasteiger partial charge in [-0.1, -0.05) is 0 Å². The Morgan fingerprint density at radius 3 is 2.62 bits per heavy atom. The molecular weight excluding hydrogens is 334 g/mol. The third-order valence-corrected chi connectivity index (χ3v) is 5.19. The summed E-state index contributed by atoms with van der Waals surface area (Å²) >= 11 is 0. The quantitative estimate of drug-likeness (QED) is 0.586. The summed E-state index contributed by atoms with van der Waals surface area (Å²) < 4.78 is 10.6. The first kappa shape index (κ1) is 18.7. The van der Waals surface area contributed by atoms with Crippen LogP contribution in [0.5, 0.6) is 11.5 Å². The lowest BCUT2D eigenvalue weighted by Gasteiger charge is -2.31. The molecule has 2 aliphatic heterocycles. The molecule has 7 nitrogen and oxygen atoms in total. The van der Waals surface area contributed by atoms with Crippen LogP contribution >= 0.6 is 0 Å². The van der Waals surface area contributed by atoms with E-state index >= 15 is 0 Å². The molecule has 0 aromatic heterocycles. The number of fused-ring (bicyclic) bond motifs is 1. The fraction of sp³-hybridized carbons (Fsp3) is 0.579. The van der Waals surface area contributed by atoms with Crippen molar-refractivity contribution in [2.75, 3.05) is 33.5 Å². The molecular formula is C19H27N3O4. The summed E-state index contributed by atoms with van der Waals surface area (Å²) in [5, 5.41) is 2.98. The number of likely N-dealkylation sites (N-methyl/N-ethyl adjacent to an activating group) is 1. The lowest BCUT2D eigenvalue weighted by atomic mass is 10.0. The molecule has 1 aromatic carbocycles. The van der Waals surface area contributed by atoms with Crippen molar-refractivity contribution in [3.63, 3.8) is 0 Å². The summed E-state index contributed by atoms with van der Waals surface area (Å²) in [5.41, 5.74) is 0.573. The topological polar surface area (TPSA) is 71.1 Å². The second-order valence-electron chi connectivity index (χ2n) is 7.00. The molecule has 7 heteroatoms. The van der Waals surface area contributed by atoms with Crippen molar-refractivity contribution >= 4 is 11.7 Å². The zero-order chi connectivity index (χ0) is 18.7. The number of nitrogens with zero attached hydrogens (tertiary/aromatic N) is 2. The number of carbonyl (C=O) groups excluding carboxylic acids is 2. The molecule has 142 valence electrons. The molecule has 1 N–H and O–H groups in total. The molecule has 2 heterocycles. The Bertz CT molecular complexity index is 673. The van der Waals surface area contributed by atoms with Crippen LogP contribution in [0.25, 0.3) is 0 Å². The van der Waals surface area contributed by atoms with E-state index < -0.39 is 0 Å². The van der Waals surface area contributed by atoms with Gasteiger partial charge in [-0.3, -0.25) is 19.4 Å². The van der Waals surface area contributed by atoms with E-state index in [1.54, 1.807) is 18.2 Å². The number of carbonyl (C=O) groups is 2. The molecule has 0 saturated carbocycles. The van der Waals surface area contributed by atoms with E-state index in [1.165, 1.54) is 0 Å². The average Bonchev–Trinajstić information content (AvgIpc) is 3.30. The van der Waals surface area contributed by atoms with Crippen molar-refractivity contribution in [3.05, 3.63) is 23.8 Å². The highest BCUT2D eigenvalue weighted by molar-refractivity contribution is 6.00. The fourth-order valence-corrected chi connectivity index (χ4v) is 3.34. The summed E-state index contributed by atoms with van der Waals surface area (Å²) in [5.74, 6) is 1.23. The van der Waals surface area contributed by atoms with Gasteiger partial charge in [0.2, 0.25) is 12.7 Å². The van der Waals surface area contributed by atoms with Crippen LogP contribution in [0, 0.1) is 0 Å². The lowest BCUT2D eigenvalue weighted by molar-refractivity contribution is -0.123. The van der Waals surface area contributed by atoms with Gasteiger partial charge in [0, 0.05) is 5.56 Å². The van der Waals surface area contributed by atoms with Crippen LogP contribution in [0.2, 0.25) is 0 Å². The molecule has 1 aromatic rings. The Morgan fingerprint density at radius 1 is 1.19 bits per heavy atom. The van der Waals surface area contributed by atoms with Gasteiger partial charge in [-0.2, -0.15) is 0 Å². The van der Waals surface area contributed by atoms with E-state index in [-0.39, 0.29) is 30.7 Å². The molecule has 0 spiro atoms. The van der Waals surface area contributed by atoms with E-state index in [4.69, 9.17) is 9.47 Å². The van der Waals surface area contributed by atoms with Crippen LogP contribution in [0.3, 0.4) is 0 Å². The van der Waals surface area contributed by atoms with E-state index in [0.717, 1.165) is 25.9 Å². The van der Waals surface area contributed by atoms with E-state index in [1.807, 2.05) is 25.8 Å². The first-order valence-electron chi connectivity index (χ1n) is 9.13. The van der Waals surface area contributed by atoms with Crippen molar-refractivity contribution < 1.29 is 19.1 Å². The van der Waals surface area contributed by atoms with E-state index in [2.05, 4.69) is 10.2 Å². The first-order chi connectivity index (χ1) is 12.5. The van der Waals surface area contributed by atoms with Crippen LogP contribution < -0.4 is 14.8 Å². The Hall–Kier alpha value is -2.12. The molecule has 2 atom stereocenters. The Balaban J connectivity index is 1.56. The van der Waals surface area contributed by atoms with Crippen LogP contribution in [-0.4, -0.2) is 67.2 Å². The lowest BCUT2D eigenvalue weighted by Crippen LogP contribution is -2.52. The predicted molar refractivity (Wildman–Crippen MR) is 97.4 cm³/mol. The average molecular weight is 361 g/mol. The number of hydrogen-bond acceptors (Lipinski definition) is 6. The Kier molecular flexibility index (Phi) is 5.78. The van der Waals surface area contributed by atoms with Gasteiger partial charge in [-0.25, -0.2) is 0 Å². The van der Waals surface area contributed by atoms with Crippen molar-refractivity contribution in [1.82, 2.24) is 15.1 Å². The summed E-state index contributed by atoms with van der Waals surface area (Å²) in [4.78, 5) is 29.0. The number of nitrogens with one attached hydrogen (secondary N) is 1. The predicted octanol–water partition coefficient (Wildman–Crippen LogP) is 1.48. The van der Waals surface area contributed by atoms with Gasteiger partial charge in [0.25, 0.3) is 0 Å². The van der Waals surface area contributed by atoms with E-state index in [9.17, 15) is 9.59 Å². The zero-order valence-corrected chi connectivity index (χ0v) is 15.7. The molecule has 3 rings (SSSR count). The minimum Gasteiger partial charge on any atom is -0.454 e. The molecule has 2 aliphatic rings. The summed E-state index contributed by atoms with van der Waals surface area (Å²) in [6, 6.07) is 4.84. The van der Waals surface area contributed by atoms with Gasteiger partial charge in [-0.05, 0) is 65.0 Å². The maximum absolute atomic E-state index is 12.8. The van der Waals surface area contributed by atoms with Crippen LogP contribution in [-0.2, 0) is 4.79 Å². The smallest absolute Gasteiger partial charge is 0.235 e. The molecule has 2 unspecified atom stereocenters. The SMILES string of the molecule is CC(NC(=O)CN1CCCC1)N(C)C(C)C(=O)c1ccc2c(c1)OCO2. The zero-order valence-electron chi connectivity index (χ0n) is 15.7. The molecule has 1 amide bonds. The third-order valence-electron chi connectivity index (χ3n) is 5.19. The van der Waals surface area contributed by atoms with Gasteiger partial charge in [0.1, 0.15) is 0 Å². The van der Waals surface area contributed by atoms with Gasteiger partial charge in [0.15, 0.2) is 17.3 Å². The Morgan fingerprint density at radius 2 is 1.88 bits per heavy atom. The van der Waals surface area contributed by atoms with Crippen molar-refractivity contribution in [2.24, 2.45) is 0 Å². The van der Waals surface area contributed by atoms with Gasteiger partial charge >= 0.3 is 0 Å². The highest BCUT2D eigenvalue weighted by atomic mass is 16.7. The maximum Gasteiger partial charge on any atom is 0.235 e. The van der Waals surface area contributed by atoms with Crippen LogP contribution in [0.1, 0.15) is 37.0 Å². The maximum atomic E-state index is 12.8. The minimum absolute atomic E-state index is 0.00558. The third kappa shape index (κ3) is 4.16. The van der Waals surface area contributed by atoms with Crippen LogP contribution in [0.4, 0.5) is 0 Å². The molecule has 0 aliphatic carbocycles. The van der Waals surface area contributed by atoms with E-state index in [0.29, 0.717) is 23.6 Å². The Labute approximate surface area is 154 Å². The second kappa shape index (κ2) is 8.05. The molecule has 26 heavy (non-hydrogen) atoms. The molecule has 1 saturated heterocycles. The second-order valence-corrected chi connectivity index (χ2v) is 7.00. The minimum atomic E-state index is -0.377. The molecule has 1 fully saturated rings. The van der Waals surface area contributed by atoms with Crippen LogP contribution in [0.15, 0.2) is 18.2 Å². The van der Waals surface area contributed by atoms with Gasteiger partial charge < -0.3 is 14.8 Å². The fourth-order valence-electron chi connectivity index (χ4n) is 3.34. The molecule has 0 radical (unpaired) electrons. The van der Waals surface area contributed by atoms with Gasteiger partial charge in [-0.15, -0.1) is 0 Å². The van der Waals surface area contributed by atoms with Gasteiger partial charge in [0.05, 0.1) is 18.8 Å². The van der Waals surface area contributed by atoms with Crippen molar-refractivity contribution in [3.8, 4) is 11.5 Å². The number of amides is 1. The molecule has 0 bridgehead atoms. The number of likely N-dealkylation sites (tertiary alicyclic amines) is 1. The highest BCUT2D eigenvalue weighted by Crippen LogP contribution is 2.33. The number of benzene rings is 1. The number of rotatable bonds is 7. The largest absolute Gasteiger partial charge is 0.454 e. The number of ketones is 1. The normalized spacial score (nSPS) is 18.8. The van der Waals surface area contributed by atoms with Crippen molar-refractivity contribution in [1.29, 1.82) is 0 Å². The standard InChI is InChI=1S/C19H27N3O4/c1-13(19(24)15-6-7-16-17(10-15)26-12-25-16)21(3)14(2)20-18(23)11-22-8-4-5-9-22/h6-7,10,13-14H,4-5,8-9,11-12H2,1-3H3,(H,20,23). The monoisotopic (exact) mass is 361 g/mol. The number of ether oxygens (including phenoxy) is 2. The summed E-state index contributed by atoms with van der Waals surface area (Å²) in [6.45, 7) is 6.31. The summed E-state index contributed by atoms with van der Waals surface area (Å²) in [6.07, 6.45) is 2.08. The highest BCUT2D eigenvalue weighted by Gasteiger charge is 2.26. The summed E-state index contributed by atoms with van der Waals surface area (Å²) in [7, 11) is 1.84. The first-order valence-corrected chi connectivity index (χ1v) is 9.13. The number of Topliss-reactive ketones (excluding diaryl/α,β-unsaturated/α-hetero) is 1.